The molecule has 3 saturated heterocycles. The van der Waals surface area contributed by atoms with Crippen molar-refractivity contribution in [2.45, 2.75) is 102 Å². The summed E-state index contributed by atoms with van der Waals surface area (Å²) in [6, 6.07) is 9.59. The van der Waals surface area contributed by atoms with Gasteiger partial charge in [0.15, 0.2) is 5.60 Å². The summed E-state index contributed by atoms with van der Waals surface area (Å²) in [5.74, 6) is -5.63. The molecule has 0 unspecified atom stereocenters. The number of aliphatic hydroxyl groups is 2. The lowest BCUT2D eigenvalue weighted by Gasteiger charge is -2.44. The third kappa shape index (κ3) is 3.81. The quantitative estimate of drug-likeness (QED) is 0.398. The van der Waals surface area contributed by atoms with Gasteiger partial charge in [0.2, 0.25) is 5.79 Å². The number of esters is 2. The van der Waals surface area contributed by atoms with Crippen molar-refractivity contribution in [3.63, 3.8) is 0 Å². The smallest absolute Gasteiger partial charge is 0.339 e. The SMILES string of the molecule is CC1=C[C@@H]([C@H]2[C@H](C)C(=O)[C@@]3(C)CC[C@]45C[C@]6(O)C(=O)OC(C)(C)[C@@H]6CC=C4[C@H](OCc4ccccc4)[C@@](O)(O5)[C@@H]23)OC1=O. The van der Waals surface area contributed by atoms with Gasteiger partial charge in [-0.25, -0.2) is 9.59 Å². The standard InChI is InChI=1S/C34H40O9/c1-18-15-22(41-28(18)36)24-19(2)26(35)31(5)13-14-32-17-33(38)23(30(3,4)42-29(33)37)12-11-21(32)27(34(39,43-32)25(24)31)40-16-20-9-7-6-8-10-20/h6-11,15,19,22-25,27,38-39H,12-14,16-17H2,1-5H3/t19-,22-,23-,24+,25-,27-,31-,32-,33+,34-/m0/s1. The summed E-state index contributed by atoms with van der Waals surface area (Å²) in [7, 11) is 0. The largest absolute Gasteiger partial charge is 0.457 e. The fourth-order valence-electron chi connectivity index (χ4n) is 9.52. The Kier molecular flexibility index (Phi) is 6.11. The number of cyclic esters (lactones) is 2. The summed E-state index contributed by atoms with van der Waals surface area (Å²) in [6.07, 6.45) is 2.81. The lowest BCUT2D eigenvalue weighted by Crippen LogP contribution is -2.56. The molecule has 4 fully saturated rings. The van der Waals surface area contributed by atoms with Crippen molar-refractivity contribution in [2.24, 2.45) is 29.1 Å². The predicted molar refractivity (Wildman–Crippen MR) is 152 cm³/mol. The Morgan fingerprint density at radius 2 is 1.77 bits per heavy atom. The van der Waals surface area contributed by atoms with Crippen molar-refractivity contribution in [2.75, 3.05) is 0 Å². The Hall–Kier alpha value is -2.85. The number of ether oxygens (including phenoxy) is 4. The highest BCUT2D eigenvalue weighted by Crippen LogP contribution is 2.67. The molecule has 1 spiro atoms. The summed E-state index contributed by atoms with van der Waals surface area (Å²) >= 11 is 0. The van der Waals surface area contributed by atoms with Gasteiger partial charge in [-0.05, 0) is 57.2 Å². The van der Waals surface area contributed by atoms with E-state index in [9.17, 15) is 24.6 Å². The number of rotatable bonds is 4. The van der Waals surface area contributed by atoms with Crippen molar-refractivity contribution < 1.29 is 43.5 Å². The Labute approximate surface area is 251 Å². The van der Waals surface area contributed by atoms with Gasteiger partial charge in [-0.2, -0.15) is 0 Å². The highest BCUT2D eigenvalue weighted by Gasteiger charge is 2.77. The highest BCUT2D eigenvalue weighted by molar-refractivity contribution is 5.92. The molecule has 1 aromatic carbocycles. The van der Waals surface area contributed by atoms with Crippen molar-refractivity contribution in [1.29, 1.82) is 0 Å². The van der Waals surface area contributed by atoms with E-state index in [0.29, 0.717) is 24.0 Å². The van der Waals surface area contributed by atoms with E-state index >= 15 is 0 Å². The molecular weight excluding hydrogens is 552 g/mol. The van der Waals surface area contributed by atoms with E-state index in [0.717, 1.165) is 5.56 Å². The Morgan fingerprint density at radius 1 is 1.05 bits per heavy atom. The molecule has 7 rings (SSSR count). The zero-order valence-electron chi connectivity index (χ0n) is 25.3. The van der Waals surface area contributed by atoms with E-state index < -0.39 is 75.8 Å². The van der Waals surface area contributed by atoms with Crippen LogP contribution < -0.4 is 0 Å². The first-order valence-corrected chi connectivity index (χ1v) is 15.3. The Balaban J connectivity index is 1.38. The molecule has 1 aromatic rings. The van der Waals surface area contributed by atoms with Crippen LogP contribution in [0.3, 0.4) is 0 Å². The maximum atomic E-state index is 14.2. The van der Waals surface area contributed by atoms with E-state index in [-0.39, 0.29) is 25.2 Å². The number of benzene rings is 1. The zero-order chi connectivity index (χ0) is 30.7. The van der Waals surface area contributed by atoms with E-state index in [4.69, 9.17) is 18.9 Å². The predicted octanol–water partition coefficient (Wildman–Crippen LogP) is 3.56. The van der Waals surface area contributed by atoms with Gasteiger partial charge >= 0.3 is 11.9 Å². The number of carbonyl (C=O) groups is 3. The van der Waals surface area contributed by atoms with Crippen LogP contribution >= 0.6 is 0 Å². The van der Waals surface area contributed by atoms with E-state index in [1.807, 2.05) is 50.3 Å². The molecule has 1 saturated carbocycles. The second-order valence-corrected chi connectivity index (χ2v) is 14.4. The lowest BCUT2D eigenvalue weighted by atomic mass is 9.63. The minimum Gasteiger partial charge on any atom is -0.457 e. The van der Waals surface area contributed by atoms with Crippen LogP contribution in [-0.4, -0.2) is 62.7 Å². The first kappa shape index (κ1) is 28.9. The highest BCUT2D eigenvalue weighted by atomic mass is 16.7. The van der Waals surface area contributed by atoms with Gasteiger partial charge in [0, 0.05) is 41.1 Å². The van der Waals surface area contributed by atoms with Crippen LogP contribution in [-0.2, 0) is 39.9 Å². The van der Waals surface area contributed by atoms with Crippen LogP contribution in [0.4, 0.5) is 0 Å². The van der Waals surface area contributed by atoms with Crippen LogP contribution in [0.25, 0.3) is 0 Å². The number of Topliss-reactive ketones (excluding diaryl/α,β-unsaturated/α-hetero) is 1. The van der Waals surface area contributed by atoms with Crippen LogP contribution in [0, 0.1) is 29.1 Å². The number of hydrogen-bond donors (Lipinski definition) is 2. The monoisotopic (exact) mass is 592 g/mol. The van der Waals surface area contributed by atoms with Crippen molar-refractivity contribution in [1.82, 2.24) is 0 Å². The summed E-state index contributed by atoms with van der Waals surface area (Å²) in [4.78, 5) is 39.9. The van der Waals surface area contributed by atoms with Gasteiger partial charge in [-0.3, -0.25) is 4.79 Å². The van der Waals surface area contributed by atoms with Crippen molar-refractivity contribution in [3.05, 3.63) is 59.2 Å². The molecule has 9 nitrogen and oxygen atoms in total. The minimum absolute atomic E-state index is 0.0311. The molecular formula is C34H40O9. The molecule has 2 bridgehead atoms. The Morgan fingerprint density at radius 3 is 2.44 bits per heavy atom. The van der Waals surface area contributed by atoms with Crippen LogP contribution in [0.1, 0.15) is 65.9 Å². The van der Waals surface area contributed by atoms with Crippen LogP contribution in [0.5, 0.6) is 0 Å². The zero-order valence-corrected chi connectivity index (χ0v) is 25.3. The summed E-state index contributed by atoms with van der Waals surface area (Å²) in [5.41, 5.74) is -3.04. The molecule has 2 N–H and O–H groups in total. The maximum absolute atomic E-state index is 14.2. The molecule has 10 atom stereocenters. The van der Waals surface area contributed by atoms with E-state index in [2.05, 4.69) is 0 Å². The number of fused-ring (bicyclic) bond motifs is 4. The Bertz CT molecular complexity index is 1460. The summed E-state index contributed by atoms with van der Waals surface area (Å²) < 4.78 is 24.9. The van der Waals surface area contributed by atoms with Gasteiger partial charge in [0.1, 0.15) is 23.6 Å². The maximum Gasteiger partial charge on any atom is 0.339 e. The first-order valence-electron chi connectivity index (χ1n) is 15.3. The minimum atomic E-state index is -2.02. The molecule has 9 heteroatoms. The number of ketones is 1. The van der Waals surface area contributed by atoms with Crippen molar-refractivity contribution in [3.8, 4) is 0 Å². The van der Waals surface area contributed by atoms with Crippen LogP contribution in [0.15, 0.2) is 53.6 Å². The average molecular weight is 593 g/mol. The topological polar surface area (TPSA) is 129 Å². The molecule has 2 aliphatic carbocycles. The van der Waals surface area contributed by atoms with Gasteiger partial charge in [0.25, 0.3) is 0 Å². The number of carbonyl (C=O) groups excluding carboxylic acids is 3. The van der Waals surface area contributed by atoms with E-state index in [1.165, 1.54) is 0 Å². The number of hydrogen-bond acceptors (Lipinski definition) is 9. The first-order chi connectivity index (χ1) is 20.2. The number of allylic oxidation sites excluding steroid dienone is 1. The summed E-state index contributed by atoms with van der Waals surface area (Å²) in [5, 5.41) is 25.0. The molecule has 0 amide bonds. The van der Waals surface area contributed by atoms with Gasteiger partial charge in [-0.15, -0.1) is 0 Å². The summed E-state index contributed by atoms with van der Waals surface area (Å²) in [6.45, 7) is 9.14. The van der Waals surface area contributed by atoms with Crippen molar-refractivity contribution >= 4 is 17.7 Å². The average Bonchev–Trinajstić information content (AvgIpc) is 3.46. The third-order valence-corrected chi connectivity index (χ3v) is 11.5. The fraction of sp³-hybridized carbons (Fsp3) is 0.618. The molecule has 0 aromatic heterocycles. The third-order valence-electron chi connectivity index (χ3n) is 11.5. The fourth-order valence-corrected chi connectivity index (χ4v) is 9.52. The lowest BCUT2D eigenvalue weighted by molar-refractivity contribution is -0.301. The van der Waals surface area contributed by atoms with Gasteiger partial charge in [-0.1, -0.05) is 50.3 Å². The molecule has 6 aliphatic rings. The van der Waals surface area contributed by atoms with Gasteiger partial charge < -0.3 is 29.2 Å². The second-order valence-electron chi connectivity index (χ2n) is 14.4. The molecule has 4 heterocycles. The molecule has 43 heavy (non-hydrogen) atoms. The molecule has 230 valence electrons. The second kappa shape index (κ2) is 9.10. The van der Waals surface area contributed by atoms with Crippen LogP contribution in [0.2, 0.25) is 0 Å². The normalized spacial score (nSPS) is 46.2. The molecule has 4 aliphatic heterocycles. The van der Waals surface area contributed by atoms with Gasteiger partial charge in [0.05, 0.1) is 12.2 Å². The van der Waals surface area contributed by atoms with E-state index in [1.54, 1.807) is 26.8 Å². The molecule has 0 radical (unpaired) electrons.